The summed E-state index contributed by atoms with van der Waals surface area (Å²) in [4.78, 5) is 4.00. The molecule has 15 heavy (non-hydrogen) atoms. The third-order valence-electron chi connectivity index (χ3n) is 2.26. The van der Waals surface area contributed by atoms with Crippen LogP contribution in [0.25, 0.3) is 0 Å². The number of nitrogens with zero attached hydrogens (tertiary/aromatic N) is 1. The van der Waals surface area contributed by atoms with Gasteiger partial charge in [-0.3, -0.25) is 4.98 Å². The van der Waals surface area contributed by atoms with Crippen LogP contribution in [-0.2, 0) is 0 Å². The van der Waals surface area contributed by atoms with E-state index in [0.29, 0.717) is 5.11 Å². The molecular formula is C11H17N3S. The highest BCUT2D eigenvalue weighted by molar-refractivity contribution is 7.80. The first kappa shape index (κ1) is 11.9. The van der Waals surface area contributed by atoms with Gasteiger partial charge in [-0.05, 0) is 44.6 Å². The molecule has 1 heterocycles. The molecule has 82 valence electrons. The number of anilines is 1. The van der Waals surface area contributed by atoms with Crippen molar-refractivity contribution in [3.63, 3.8) is 0 Å². The molecule has 0 aliphatic carbocycles. The molecule has 1 aromatic rings. The van der Waals surface area contributed by atoms with Gasteiger partial charge in [0.1, 0.15) is 0 Å². The third kappa shape index (κ3) is 4.25. The van der Waals surface area contributed by atoms with Crippen LogP contribution in [0.5, 0.6) is 0 Å². The summed E-state index contributed by atoms with van der Waals surface area (Å²) in [5.74, 6) is 0. The Bertz CT molecular complexity index is 322. The van der Waals surface area contributed by atoms with Crippen molar-refractivity contribution in [3.8, 4) is 0 Å². The van der Waals surface area contributed by atoms with E-state index in [4.69, 9.17) is 12.2 Å². The maximum absolute atomic E-state index is 5.20. The van der Waals surface area contributed by atoms with Crippen LogP contribution in [0.1, 0.15) is 27.2 Å². The minimum Gasteiger partial charge on any atom is -0.358 e. The van der Waals surface area contributed by atoms with Gasteiger partial charge in [-0.15, -0.1) is 0 Å². The van der Waals surface area contributed by atoms with Gasteiger partial charge in [-0.25, -0.2) is 0 Å². The molecule has 0 radical (unpaired) electrons. The van der Waals surface area contributed by atoms with Gasteiger partial charge in [0.2, 0.25) is 0 Å². The first-order chi connectivity index (χ1) is 7.03. The van der Waals surface area contributed by atoms with Crippen LogP contribution in [-0.4, -0.2) is 15.6 Å². The first-order valence-electron chi connectivity index (χ1n) is 5.03. The van der Waals surface area contributed by atoms with Crippen molar-refractivity contribution in [2.24, 2.45) is 0 Å². The fraction of sp³-hybridized carbons (Fsp3) is 0.455. The molecule has 0 aliphatic rings. The Hall–Kier alpha value is -1.16. The van der Waals surface area contributed by atoms with Gasteiger partial charge in [0.15, 0.2) is 5.11 Å². The van der Waals surface area contributed by atoms with Crippen molar-refractivity contribution >= 4 is 23.0 Å². The predicted octanol–water partition coefficient (Wildman–Crippen LogP) is 2.56. The van der Waals surface area contributed by atoms with Gasteiger partial charge in [0.25, 0.3) is 0 Å². The largest absolute Gasteiger partial charge is 0.358 e. The van der Waals surface area contributed by atoms with Gasteiger partial charge in [0, 0.05) is 11.7 Å². The van der Waals surface area contributed by atoms with Gasteiger partial charge in [-0.1, -0.05) is 6.92 Å². The second kappa shape index (κ2) is 5.07. The lowest BCUT2D eigenvalue weighted by Gasteiger charge is -2.26. The van der Waals surface area contributed by atoms with Crippen LogP contribution in [0.4, 0.5) is 5.69 Å². The van der Waals surface area contributed by atoms with E-state index in [1.807, 2.05) is 12.1 Å². The Labute approximate surface area is 96.3 Å². The average Bonchev–Trinajstić information content (AvgIpc) is 2.18. The van der Waals surface area contributed by atoms with E-state index in [0.717, 1.165) is 12.1 Å². The number of rotatable bonds is 3. The maximum Gasteiger partial charge on any atom is 0.171 e. The zero-order valence-electron chi connectivity index (χ0n) is 9.37. The maximum atomic E-state index is 5.20. The topological polar surface area (TPSA) is 37.0 Å². The summed E-state index contributed by atoms with van der Waals surface area (Å²) in [7, 11) is 0. The Kier molecular flexibility index (Phi) is 4.03. The van der Waals surface area contributed by atoms with Crippen molar-refractivity contribution in [1.82, 2.24) is 10.3 Å². The summed E-state index contributed by atoms with van der Waals surface area (Å²) in [6.45, 7) is 6.36. The fourth-order valence-corrected chi connectivity index (χ4v) is 1.39. The summed E-state index contributed by atoms with van der Waals surface area (Å²) in [6, 6.07) is 3.80. The highest BCUT2D eigenvalue weighted by Crippen LogP contribution is 2.08. The van der Waals surface area contributed by atoms with E-state index in [1.165, 1.54) is 0 Å². The molecule has 2 N–H and O–H groups in total. The molecule has 0 aromatic carbocycles. The SMILES string of the molecule is CCC(C)(C)NC(=S)Nc1cccnc1. The van der Waals surface area contributed by atoms with E-state index in [1.54, 1.807) is 12.4 Å². The molecule has 0 unspecified atom stereocenters. The number of thiocarbonyl (C=S) groups is 1. The molecule has 1 aromatic heterocycles. The van der Waals surface area contributed by atoms with Crippen LogP contribution < -0.4 is 10.6 Å². The standard InChI is InChI=1S/C11H17N3S/c1-4-11(2,3)14-10(15)13-9-6-5-7-12-8-9/h5-8H,4H2,1-3H3,(H2,13,14,15). The zero-order valence-corrected chi connectivity index (χ0v) is 10.2. The molecular weight excluding hydrogens is 206 g/mol. The van der Waals surface area contributed by atoms with E-state index in [2.05, 4.69) is 36.4 Å². The highest BCUT2D eigenvalue weighted by Gasteiger charge is 2.15. The monoisotopic (exact) mass is 223 g/mol. The number of hydrogen-bond acceptors (Lipinski definition) is 2. The number of pyridine rings is 1. The smallest absolute Gasteiger partial charge is 0.171 e. The second-order valence-electron chi connectivity index (χ2n) is 4.06. The lowest BCUT2D eigenvalue weighted by molar-refractivity contribution is 0.448. The van der Waals surface area contributed by atoms with E-state index in [9.17, 15) is 0 Å². The van der Waals surface area contributed by atoms with E-state index >= 15 is 0 Å². The Morgan fingerprint density at radius 2 is 2.27 bits per heavy atom. The van der Waals surface area contributed by atoms with Crippen molar-refractivity contribution in [3.05, 3.63) is 24.5 Å². The fourth-order valence-electron chi connectivity index (χ4n) is 0.995. The second-order valence-corrected chi connectivity index (χ2v) is 4.47. The molecule has 0 fully saturated rings. The molecule has 0 atom stereocenters. The van der Waals surface area contributed by atoms with Crippen molar-refractivity contribution in [1.29, 1.82) is 0 Å². The highest BCUT2D eigenvalue weighted by atomic mass is 32.1. The summed E-state index contributed by atoms with van der Waals surface area (Å²) in [5.41, 5.74) is 0.925. The van der Waals surface area contributed by atoms with Crippen LogP contribution in [0.2, 0.25) is 0 Å². The number of hydrogen-bond donors (Lipinski definition) is 2. The Morgan fingerprint density at radius 1 is 1.53 bits per heavy atom. The summed E-state index contributed by atoms with van der Waals surface area (Å²) >= 11 is 5.20. The minimum absolute atomic E-state index is 0.0201. The average molecular weight is 223 g/mol. The van der Waals surface area contributed by atoms with Gasteiger partial charge >= 0.3 is 0 Å². The molecule has 3 nitrogen and oxygen atoms in total. The lowest BCUT2D eigenvalue weighted by Crippen LogP contribution is -2.44. The zero-order chi connectivity index (χ0) is 11.3. The Balaban J connectivity index is 2.51. The van der Waals surface area contributed by atoms with E-state index < -0.39 is 0 Å². The molecule has 0 bridgehead atoms. The summed E-state index contributed by atoms with van der Waals surface area (Å²) < 4.78 is 0. The van der Waals surface area contributed by atoms with Crippen LogP contribution >= 0.6 is 12.2 Å². The molecule has 0 saturated heterocycles. The van der Waals surface area contributed by atoms with Gasteiger partial charge in [0.05, 0.1) is 11.9 Å². The van der Waals surface area contributed by atoms with Crippen molar-refractivity contribution < 1.29 is 0 Å². The summed E-state index contributed by atoms with van der Waals surface area (Å²) in [6.07, 6.45) is 4.49. The lowest BCUT2D eigenvalue weighted by atomic mass is 10.0. The van der Waals surface area contributed by atoms with Crippen LogP contribution in [0, 0.1) is 0 Å². The quantitative estimate of drug-likeness (QED) is 0.772. The summed E-state index contributed by atoms with van der Waals surface area (Å²) in [5, 5.41) is 6.97. The van der Waals surface area contributed by atoms with Crippen LogP contribution in [0.15, 0.2) is 24.5 Å². The first-order valence-corrected chi connectivity index (χ1v) is 5.43. The molecule has 0 aliphatic heterocycles. The normalized spacial score (nSPS) is 10.9. The molecule has 1 rings (SSSR count). The minimum atomic E-state index is 0.0201. The van der Waals surface area contributed by atoms with Crippen LogP contribution in [0.3, 0.4) is 0 Å². The van der Waals surface area contributed by atoms with Crippen molar-refractivity contribution in [2.75, 3.05) is 5.32 Å². The molecule has 4 heteroatoms. The molecule has 0 saturated carbocycles. The molecule has 0 spiro atoms. The predicted molar refractivity (Wildman–Crippen MR) is 68.0 cm³/mol. The van der Waals surface area contributed by atoms with E-state index in [-0.39, 0.29) is 5.54 Å². The van der Waals surface area contributed by atoms with Gasteiger partial charge < -0.3 is 10.6 Å². The number of nitrogens with one attached hydrogen (secondary N) is 2. The Morgan fingerprint density at radius 3 is 2.80 bits per heavy atom. The van der Waals surface area contributed by atoms with Crippen molar-refractivity contribution in [2.45, 2.75) is 32.7 Å². The molecule has 0 amide bonds. The number of aromatic nitrogens is 1. The van der Waals surface area contributed by atoms with Gasteiger partial charge in [-0.2, -0.15) is 0 Å². The third-order valence-corrected chi connectivity index (χ3v) is 2.46.